The Balaban J connectivity index is 1.30. The number of aromatic nitrogens is 3. The minimum Gasteiger partial charge on any atom is -0.208 e. The van der Waals surface area contributed by atoms with Crippen molar-refractivity contribution in [3.63, 3.8) is 0 Å². The number of hydrogen-bond donors (Lipinski definition) is 0. The molecule has 1 heterocycles. The summed E-state index contributed by atoms with van der Waals surface area (Å²) in [6, 6.07) is 73.9. The molecule has 0 aliphatic heterocycles. The van der Waals surface area contributed by atoms with Crippen LogP contribution in [0.15, 0.2) is 212 Å². The summed E-state index contributed by atoms with van der Waals surface area (Å²) >= 11 is 0. The Morgan fingerprint density at radius 3 is 1.20 bits per heavy atom. The molecule has 3 heteroatoms. The molecule has 0 aliphatic carbocycles. The third-order valence-electron chi connectivity index (χ3n) is 9.79. The molecule has 0 amide bonds. The van der Waals surface area contributed by atoms with Gasteiger partial charge in [-0.3, -0.25) is 0 Å². The highest BCUT2D eigenvalue weighted by Gasteiger charge is 2.21. The highest BCUT2D eigenvalue weighted by atomic mass is 15.0. The summed E-state index contributed by atoms with van der Waals surface area (Å²) in [5.74, 6) is 1.84. The zero-order valence-electron chi connectivity index (χ0n) is 29.5. The molecule has 0 fully saturated rings. The molecule has 0 atom stereocenters. The van der Waals surface area contributed by atoms with E-state index in [-0.39, 0.29) is 0 Å². The van der Waals surface area contributed by atoms with Crippen LogP contribution >= 0.6 is 0 Å². The van der Waals surface area contributed by atoms with Crippen molar-refractivity contribution in [2.45, 2.75) is 0 Å². The van der Waals surface area contributed by atoms with Crippen LogP contribution in [0.25, 0.3) is 89.8 Å². The van der Waals surface area contributed by atoms with Crippen LogP contribution in [0.1, 0.15) is 0 Å². The number of rotatable bonds is 8. The van der Waals surface area contributed by atoms with Crippen molar-refractivity contribution in [3.05, 3.63) is 212 Å². The first-order valence-electron chi connectivity index (χ1n) is 18.2. The fraction of sp³-hybridized carbons (Fsp3) is 0. The van der Waals surface area contributed by atoms with Gasteiger partial charge in [-0.25, -0.2) is 15.0 Å². The van der Waals surface area contributed by atoms with Crippen LogP contribution < -0.4 is 0 Å². The Kier molecular flexibility index (Phi) is 8.94. The summed E-state index contributed by atoms with van der Waals surface area (Å²) in [4.78, 5) is 16.0. The summed E-state index contributed by atoms with van der Waals surface area (Å²) in [7, 11) is 0. The fourth-order valence-electron chi connectivity index (χ4n) is 7.23. The van der Waals surface area contributed by atoms with Crippen molar-refractivity contribution in [1.82, 2.24) is 15.0 Å². The van der Waals surface area contributed by atoms with Gasteiger partial charge in [-0.05, 0) is 56.1 Å². The van der Waals surface area contributed by atoms with Gasteiger partial charge in [-0.2, -0.15) is 0 Å². The smallest absolute Gasteiger partial charge is 0.164 e. The standard InChI is InChI=1S/C51H35N3/c1-5-19-36(20-6-1)40-27-17-28-41(35-40)49-52-50(46-32-16-15-31-45(46)44-30-14-13-29-42(44)37-21-7-2-8-22-37)54-51(53-49)47-34-18-33-43(38-23-9-3-10-24-38)48(47)39-25-11-4-12-26-39/h1-35H. The largest absolute Gasteiger partial charge is 0.208 e. The predicted molar refractivity (Wildman–Crippen MR) is 223 cm³/mol. The third kappa shape index (κ3) is 6.51. The van der Waals surface area contributed by atoms with E-state index in [0.29, 0.717) is 17.5 Å². The van der Waals surface area contributed by atoms with Crippen molar-refractivity contribution in [2.75, 3.05) is 0 Å². The first kappa shape index (κ1) is 32.7. The van der Waals surface area contributed by atoms with E-state index in [9.17, 15) is 0 Å². The summed E-state index contributed by atoms with van der Waals surface area (Å²) in [6.45, 7) is 0. The molecule has 0 bridgehead atoms. The van der Waals surface area contributed by atoms with Gasteiger partial charge in [0.2, 0.25) is 0 Å². The summed E-state index contributed by atoms with van der Waals surface area (Å²) in [6.07, 6.45) is 0. The zero-order chi connectivity index (χ0) is 36.1. The van der Waals surface area contributed by atoms with E-state index in [0.717, 1.165) is 72.3 Å². The molecule has 0 saturated carbocycles. The normalized spacial score (nSPS) is 11.0. The first-order chi connectivity index (χ1) is 26.8. The van der Waals surface area contributed by atoms with Crippen LogP contribution in [0.5, 0.6) is 0 Å². The lowest BCUT2D eigenvalue weighted by molar-refractivity contribution is 1.07. The Labute approximate surface area is 316 Å². The maximum Gasteiger partial charge on any atom is 0.164 e. The summed E-state index contributed by atoms with van der Waals surface area (Å²) in [5, 5.41) is 0. The lowest BCUT2D eigenvalue weighted by Crippen LogP contribution is -2.03. The Morgan fingerprint density at radius 1 is 0.204 bits per heavy atom. The van der Waals surface area contributed by atoms with Crippen molar-refractivity contribution in [3.8, 4) is 89.8 Å². The Bertz CT molecular complexity index is 2690. The van der Waals surface area contributed by atoms with Gasteiger partial charge in [0.1, 0.15) is 0 Å². The minimum absolute atomic E-state index is 0.614. The van der Waals surface area contributed by atoms with Gasteiger partial charge < -0.3 is 0 Å². The molecule has 254 valence electrons. The molecule has 9 aromatic rings. The van der Waals surface area contributed by atoms with Crippen LogP contribution in [0.2, 0.25) is 0 Å². The summed E-state index contributed by atoms with van der Waals surface area (Å²) < 4.78 is 0. The van der Waals surface area contributed by atoms with E-state index >= 15 is 0 Å². The van der Waals surface area contributed by atoms with Crippen LogP contribution in [0, 0.1) is 0 Å². The van der Waals surface area contributed by atoms with Crippen LogP contribution in [0.3, 0.4) is 0 Å². The average Bonchev–Trinajstić information content (AvgIpc) is 3.27. The summed E-state index contributed by atoms with van der Waals surface area (Å²) in [5.41, 5.74) is 13.9. The van der Waals surface area contributed by atoms with E-state index in [4.69, 9.17) is 15.0 Å². The fourth-order valence-corrected chi connectivity index (χ4v) is 7.23. The zero-order valence-corrected chi connectivity index (χ0v) is 29.5. The maximum absolute atomic E-state index is 5.37. The van der Waals surface area contributed by atoms with Gasteiger partial charge in [0.15, 0.2) is 17.5 Å². The quantitative estimate of drug-likeness (QED) is 0.159. The van der Waals surface area contributed by atoms with Gasteiger partial charge in [0.25, 0.3) is 0 Å². The van der Waals surface area contributed by atoms with E-state index in [1.807, 2.05) is 6.07 Å². The van der Waals surface area contributed by atoms with E-state index < -0.39 is 0 Å². The monoisotopic (exact) mass is 689 g/mol. The van der Waals surface area contributed by atoms with Gasteiger partial charge >= 0.3 is 0 Å². The van der Waals surface area contributed by atoms with E-state index in [2.05, 4.69) is 206 Å². The van der Waals surface area contributed by atoms with Crippen LogP contribution in [-0.2, 0) is 0 Å². The topological polar surface area (TPSA) is 38.7 Å². The van der Waals surface area contributed by atoms with Crippen LogP contribution in [0.4, 0.5) is 0 Å². The number of benzene rings is 8. The SMILES string of the molecule is c1ccc(-c2cccc(-c3nc(-c4ccccc4-c4ccccc4-c4ccccc4)nc(-c4cccc(-c5ccccc5)c4-c4ccccc4)n3)c2)cc1. The van der Waals surface area contributed by atoms with Crippen molar-refractivity contribution < 1.29 is 0 Å². The molecule has 0 radical (unpaired) electrons. The number of nitrogens with zero attached hydrogens (tertiary/aromatic N) is 3. The van der Waals surface area contributed by atoms with Crippen molar-refractivity contribution in [2.24, 2.45) is 0 Å². The minimum atomic E-state index is 0.614. The van der Waals surface area contributed by atoms with Crippen molar-refractivity contribution in [1.29, 1.82) is 0 Å². The Morgan fingerprint density at radius 2 is 0.574 bits per heavy atom. The van der Waals surface area contributed by atoms with Gasteiger partial charge in [0.05, 0.1) is 0 Å². The van der Waals surface area contributed by atoms with Gasteiger partial charge in [-0.1, -0.05) is 206 Å². The molecular formula is C51H35N3. The molecular weight excluding hydrogens is 655 g/mol. The lowest BCUT2D eigenvalue weighted by Gasteiger charge is -2.17. The molecule has 54 heavy (non-hydrogen) atoms. The molecule has 3 nitrogen and oxygen atoms in total. The van der Waals surface area contributed by atoms with Gasteiger partial charge in [-0.15, -0.1) is 0 Å². The Hall–Kier alpha value is -7.23. The third-order valence-corrected chi connectivity index (χ3v) is 9.79. The van der Waals surface area contributed by atoms with Crippen LogP contribution in [-0.4, -0.2) is 15.0 Å². The second-order valence-corrected chi connectivity index (χ2v) is 13.2. The molecule has 9 rings (SSSR count). The highest BCUT2D eigenvalue weighted by Crippen LogP contribution is 2.42. The van der Waals surface area contributed by atoms with E-state index in [1.54, 1.807) is 0 Å². The molecule has 0 spiro atoms. The molecule has 1 aromatic heterocycles. The molecule has 0 unspecified atom stereocenters. The average molecular weight is 690 g/mol. The lowest BCUT2D eigenvalue weighted by atomic mass is 9.90. The molecule has 0 N–H and O–H groups in total. The molecule has 0 saturated heterocycles. The highest BCUT2D eigenvalue weighted by molar-refractivity contribution is 5.94. The van der Waals surface area contributed by atoms with E-state index in [1.165, 1.54) is 0 Å². The van der Waals surface area contributed by atoms with Gasteiger partial charge in [0, 0.05) is 22.3 Å². The first-order valence-corrected chi connectivity index (χ1v) is 18.2. The second kappa shape index (κ2) is 14.8. The maximum atomic E-state index is 5.37. The van der Waals surface area contributed by atoms with Crippen molar-refractivity contribution >= 4 is 0 Å². The number of hydrogen-bond acceptors (Lipinski definition) is 3. The predicted octanol–water partition coefficient (Wildman–Crippen LogP) is 13.2. The second-order valence-electron chi connectivity index (χ2n) is 13.2. The molecule has 0 aliphatic rings. The molecule has 8 aromatic carbocycles.